The molecule has 2 aromatic carbocycles. The second-order valence-electron chi connectivity index (χ2n) is 7.60. The first-order valence-electron chi connectivity index (χ1n) is 12.2. The van der Waals surface area contributed by atoms with E-state index in [1.165, 1.54) is 24.3 Å². The number of fused-ring (bicyclic) bond motifs is 1. The number of amides is 2. The van der Waals surface area contributed by atoms with E-state index < -0.39 is 30.5 Å². The van der Waals surface area contributed by atoms with Crippen LogP contribution < -0.4 is 5.32 Å². The molecule has 7 heteroatoms. The number of hydrogen-bond acceptors (Lipinski definition) is 3. The van der Waals surface area contributed by atoms with Crippen molar-refractivity contribution in [2.45, 2.75) is 25.8 Å². The fourth-order valence-electron chi connectivity index (χ4n) is 3.97. The van der Waals surface area contributed by atoms with Gasteiger partial charge in [-0.3, -0.25) is 9.59 Å². The highest BCUT2D eigenvalue weighted by molar-refractivity contribution is 5.99. The second kappa shape index (κ2) is 8.15. The van der Waals surface area contributed by atoms with E-state index in [9.17, 15) is 18.4 Å². The van der Waals surface area contributed by atoms with Gasteiger partial charge in [-0.2, -0.15) is 0 Å². The van der Waals surface area contributed by atoms with E-state index in [-0.39, 0.29) is 48.5 Å². The number of nitrogens with zero attached hydrogens (tertiary/aromatic N) is 2. The van der Waals surface area contributed by atoms with Crippen LogP contribution in [0, 0.1) is 11.6 Å². The molecule has 3 heterocycles. The van der Waals surface area contributed by atoms with Crippen molar-refractivity contribution in [2.75, 3.05) is 13.0 Å². The lowest BCUT2D eigenvalue weighted by atomic mass is 9.96. The normalized spacial score (nSPS) is 20.1. The summed E-state index contributed by atoms with van der Waals surface area (Å²) in [5.74, 6) is -2.63. The van der Waals surface area contributed by atoms with Gasteiger partial charge in [-0.15, -0.1) is 0 Å². The van der Waals surface area contributed by atoms with Crippen LogP contribution in [0.5, 0.6) is 0 Å². The highest BCUT2D eigenvalue weighted by Gasteiger charge is 2.27. The van der Waals surface area contributed by atoms with Gasteiger partial charge in [0.2, 0.25) is 0 Å². The van der Waals surface area contributed by atoms with Gasteiger partial charge in [0.05, 0.1) is 29.1 Å². The molecule has 0 aliphatic carbocycles. The number of likely N-dealkylation sites (tertiary alicyclic amines) is 1. The summed E-state index contributed by atoms with van der Waals surface area (Å²) < 4.78 is 60.9. The summed E-state index contributed by atoms with van der Waals surface area (Å²) in [5, 5.41) is 2.68. The first-order valence-corrected chi connectivity index (χ1v) is 10.2. The number of rotatable bonds is 4. The minimum Gasteiger partial charge on any atom is -0.346 e. The van der Waals surface area contributed by atoms with Crippen molar-refractivity contribution in [1.29, 1.82) is 0 Å². The van der Waals surface area contributed by atoms with Gasteiger partial charge in [0.15, 0.2) is 0 Å². The van der Waals surface area contributed by atoms with Crippen LogP contribution in [0.4, 0.5) is 8.78 Å². The van der Waals surface area contributed by atoms with E-state index in [0.717, 1.165) is 12.1 Å². The van der Waals surface area contributed by atoms with Crippen molar-refractivity contribution in [3.8, 4) is 11.3 Å². The zero-order valence-corrected chi connectivity index (χ0v) is 16.9. The Morgan fingerprint density at radius 1 is 1.06 bits per heavy atom. The van der Waals surface area contributed by atoms with Crippen LogP contribution in [-0.2, 0) is 13.0 Å². The molecule has 162 valence electrons. The van der Waals surface area contributed by atoms with E-state index in [1.54, 1.807) is 12.1 Å². The van der Waals surface area contributed by atoms with Crippen molar-refractivity contribution in [3.63, 3.8) is 0 Å². The summed E-state index contributed by atoms with van der Waals surface area (Å²) in [6.07, 6.45) is 0.0230. The standard InChI is InChI=1S/C25H21F2N3O2/c26-18-4-3-5-19(27)23(18)20-13-17(22-21(29-20)14-28-24(22)31)12-15-6-8-16(9-7-15)25(32)30-10-1-2-11-30/h3-9,13H,1-2,10-12,14H2,(H,28,31)/i10D2,11D2. The van der Waals surface area contributed by atoms with Crippen molar-refractivity contribution in [3.05, 3.63) is 88.1 Å². The summed E-state index contributed by atoms with van der Waals surface area (Å²) >= 11 is 0. The summed E-state index contributed by atoms with van der Waals surface area (Å²) in [4.78, 5) is 30.3. The van der Waals surface area contributed by atoms with Crippen molar-refractivity contribution in [1.82, 2.24) is 15.2 Å². The Bertz CT molecular complexity index is 1360. The number of pyridine rings is 1. The molecule has 0 radical (unpaired) electrons. The minimum atomic E-state index is -2.09. The topological polar surface area (TPSA) is 62.3 Å². The first-order chi connectivity index (χ1) is 17.0. The molecule has 2 amide bonds. The van der Waals surface area contributed by atoms with E-state index >= 15 is 0 Å². The minimum absolute atomic E-state index is 0.0705. The molecule has 0 bridgehead atoms. The molecule has 2 aliphatic rings. The molecule has 2 aliphatic heterocycles. The van der Waals surface area contributed by atoms with Crippen LogP contribution in [0.15, 0.2) is 48.5 Å². The molecular weight excluding hydrogens is 412 g/mol. The molecule has 1 N–H and O–H groups in total. The Kier molecular flexibility index (Phi) is 4.09. The van der Waals surface area contributed by atoms with E-state index in [2.05, 4.69) is 10.3 Å². The summed E-state index contributed by atoms with van der Waals surface area (Å²) in [5.41, 5.74) is 1.85. The number of benzene rings is 2. The third-order valence-electron chi connectivity index (χ3n) is 5.50. The molecule has 1 fully saturated rings. The van der Waals surface area contributed by atoms with E-state index in [4.69, 9.17) is 5.48 Å². The molecule has 1 aromatic heterocycles. The lowest BCUT2D eigenvalue weighted by Crippen LogP contribution is -2.27. The lowest BCUT2D eigenvalue weighted by molar-refractivity contribution is 0.0792. The van der Waals surface area contributed by atoms with E-state index in [0.29, 0.717) is 27.3 Å². The Labute approximate surface area is 189 Å². The third-order valence-corrected chi connectivity index (χ3v) is 5.50. The monoisotopic (exact) mass is 437 g/mol. The number of aromatic nitrogens is 1. The van der Waals surface area contributed by atoms with E-state index in [1.807, 2.05) is 0 Å². The highest BCUT2D eigenvalue weighted by atomic mass is 19.1. The molecule has 5 nitrogen and oxygen atoms in total. The Balaban J connectivity index is 1.47. The molecule has 0 unspecified atom stereocenters. The van der Waals surface area contributed by atoms with Crippen LogP contribution in [0.25, 0.3) is 11.3 Å². The predicted octanol–water partition coefficient (Wildman–Crippen LogP) is 4.10. The third kappa shape index (κ3) is 3.64. The van der Waals surface area contributed by atoms with Gasteiger partial charge in [0, 0.05) is 24.0 Å². The predicted molar refractivity (Wildman–Crippen MR) is 115 cm³/mol. The Morgan fingerprint density at radius 2 is 1.75 bits per heavy atom. The first kappa shape index (κ1) is 16.1. The van der Waals surface area contributed by atoms with Gasteiger partial charge in [-0.1, -0.05) is 18.2 Å². The van der Waals surface area contributed by atoms with Crippen molar-refractivity contribution < 1.29 is 23.9 Å². The molecule has 0 saturated carbocycles. The summed E-state index contributed by atoms with van der Waals surface area (Å²) in [6.45, 7) is -4.05. The maximum atomic E-state index is 14.4. The molecular formula is C25H21F2N3O2. The maximum absolute atomic E-state index is 14.4. The van der Waals surface area contributed by atoms with Gasteiger partial charge < -0.3 is 10.2 Å². The van der Waals surface area contributed by atoms with Gasteiger partial charge in [0.25, 0.3) is 11.8 Å². The number of halogens is 2. The number of nitrogens with one attached hydrogen (secondary N) is 1. The zero-order valence-electron chi connectivity index (χ0n) is 20.9. The molecule has 1 saturated heterocycles. The maximum Gasteiger partial charge on any atom is 0.253 e. The van der Waals surface area contributed by atoms with Crippen LogP contribution in [0.1, 0.15) is 55.9 Å². The summed E-state index contributed by atoms with van der Waals surface area (Å²) in [7, 11) is 0. The van der Waals surface area contributed by atoms with Crippen molar-refractivity contribution >= 4 is 11.8 Å². The zero-order chi connectivity index (χ0) is 25.8. The van der Waals surface area contributed by atoms with Crippen LogP contribution in [0.2, 0.25) is 0 Å². The Hall–Kier alpha value is -3.61. The molecule has 0 atom stereocenters. The van der Waals surface area contributed by atoms with Gasteiger partial charge >= 0.3 is 0 Å². The average Bonchev–Trinajstić information content (AvgIpc) is 3.29. The number of hydrogen-bond donors (Lipinski definition) is 1. The fourth-order valence-corrected chi connectivity index (χ4v) is 3.97. The fraction of sp³-hybridized carbons (Fsp3) is 0.240. The SMILES string of the molecule is [2H]C1([2H])CCC([2H])([2H])N1C(=O)c1ccc(Cc2cc(-c3c(F)cccc3F)nc3c2C(=O)NC3)cc1. The molecule has 32 heavy (non-hydrogen) atoms. The summed E-state index contributed by atoms with van der Waals surface area (Å²) in [6, 6.07) is 11.2. The number of carbonyl (C=O) groups is 2. The largest absolute Gasteiger partial charge is 0.346 e. The van der Waals surface area contributed by atoms with Gasteiger partial charge in [-0.25, -0.2) is 13.8 Å². The average molecular weight is 437 g/mol. The lowest BCUT2D eigenvalue weighted by Gasteiger charge is -2.15. The van der Waals surface area contributed by atoms with Gasteiger partial charge in [0.1, 0.15) is 11.6 Å². The molecule has 0 spiro atoms. The van der Waals surface area contributed by atoms with Crippen LogP contribution in [0.3, 0.4) is 0 Å². The number of carbonyl (C=O) groups excluding carboxylic acids is 2. The Morgan fingerprint density at radius 3 is 2.44 bits per heavy atom. The highest BCUT2D eigenvalue weighted by Crippen LogP contribution is 2.30. The molecule has 3 aromatic rings. The van der Waals surface area contributed by atoms with Crippen molar-refractivity contribution in [2.24, 2.45) is 0 Å². The van der Waals surface area contributed by atoms with Gasteiger partial charge in [-0.05, 0) is 60.7 Å². The smallest absolute Gasteiger partial charge is 0.253 e. The quantitative estimate of drug-likeness (QED) is 0.669. The molecule has 5 rings (SSSR count). The van der Waals surface area contributed by atoms with Crippen LogP contribution in [-0.4, -0.2) is 34.7 Å². The second-order valence-corrected chi connectivity index (χ2v) is 7.60. The van der Waals surface area contributed by atoms with Crippen LogP contribution >= 0.6 is 0 Å².